The number of carbonyl (C=O) groups is 2. The lowest BCUT2D eigenvalue weighted by atomic mass is 10.0. The van der Waals surface area contributed by atoms with Crippen molar-refractivity contribution in [1.29, 1.82) is 0 Å². The summed E-state index contributed by atoms with van der Waals surface area (Å²) in [5.74, 6) is 0.828. The molecule has 2 aromatic rings. The Kier molecular flexibility index (Phi) is 5.69. The summed E-state index contributed by atoms with van der Waals surface area (Å²) in [5, 5.41) is 0.902. The van der Waals surface area contributed by atoms with E-state index in [1.165, 1.54) is 0 Å². The van der Waals surface area contributed by atoms with E-state index >= 15 is 0 Å². The number of ether oxygens (including phenoxy) is 1. The zero-order valence-corrected chi connectivity index (χ0v) is 17.3. The van der Waals surface area contributed by atoms with E-state index in [4.69, 9.17) is 9.72 Å². The third kappa shape index (κ3) is 4.52. The van der Waals surface area contributed by atoms with Gasteiger partial charge in [0.25, 0.3) is 5.91 Å². The van der Waals surface area contributed by atoms with E-state index in [-0.39, 0.29) is 12.0 Å². The maximum atomic E-state index is 13.4. The maximum Gasteiger partial charge on any atom is 0.409 e. The van der Waals surface area contributed by atoms with Crippen LogP contribution in [0.25, 0.3) is 10.9 Å². The Bertz CT molecular complexity index is 907. The van der Waals surface area contributed by atoms with E-state index in [0.29, 0.717) is 44.6 Å². The van der Waals surface area contributed by atoms with Crippen LogP contribution in [-0.2, 0) is 4.74 Å². The lowest BCUT2D eigenvalue weighted by Crippen LogP contribution is -2.38. The first-order chi connectivity index (χ1) is 14.0. The van der Waals surface area contributed by atoms with Crippen molar-refractivity contribution >= 4 is 22.9 Å². The molecule has 29 heavy (non-hydrogen) atoms. The van der Waals surface area contributed by atoms with Crippen molar-refractivity contribution in [2.75, 3.05) is 32.8 Å². The van der Waals surface area contributed by atoms with Crippen molar-refractivity contribution in [2.24, 2.45) is 5.92 Å². The van der Waals surface area contributed by atoms with Gasteiger partial charge in [0.05, 0.1) is 17.7 Å². The minimum atomic E-state index is -0.279. The summed E-state index contributed by atoms with van der Waals surface area (Å²) in [6.07, 6.45) is 2.77. The second-order valence-electron chi connectivity index (χ2n) is 8.49. The average molecular weight is 396 g/mol. The first-order valence-corrected chi connectivity index (χ1v) is 10.6. The minimum absolute atomic E-state index is 0.0305. The second kappa shape index (κ2) is 8.39. The topological polar surface area (TPSA) is 62.7 Å². The van der Waals surface area contributed by atoms with Gasteiger partial charge in [0.15, 0.2) is 0 Å². The number of pyridine rings is 1. The van der Waals surface area contributed by atoms with Crippen molar-refractivity contribution in [3.63, 3.8) is 0 Å². The van der Waals surface area contributed by atoms with Crippen LogP contribution in [0.15, 0.2) is 30.3 Å². The van der Waals surface area contributed by atoms with Crippen LogP contribution in [0.4, 0.5) is 4.79 Å². The number of fused-ring (bicyclic) bond motifs is 1. The minimum Gasteiger partial charge on any atom is -0.449 e. The van der Waals surface area contributed by atoms with E-state index in [1.807, 2.05) is 49.1 Å². The van der Waals surface area contributed by atoms with E-state index in [9.17, 15) is 9.59 Å². The molecular weight excluding hydrogens is 366 g/mol. The van der Waals surface area contributed by atoms with Gasteiger partial charge in [-0.3, -0.25) is 9.78 Å². The maximum absolute atomic E-state index is 13.4. The van der Waals surface area contributed by atoms with Gasteiger partial charge < -0.3 is 14.5 Å². The Balaban J connectivity index is 1.51. The predicted molar refractivity (Wildman–Crippen MR) is 112 cm³/mol. The SMILES string of the molecule is CC(C)COC(=O)N1CCCN(C(=O)c2cc(C3CC3)nc3ccccc23)CC1. The van der Waals surface area contributed by atoms with Crippen molar-refractivity contribution in [3.05, 3.63) is 41.6 Å². The Morgan fingerprint density at radius 3 is 2.59 bits per heavy atom. The molecule has 1 aromatic carbocycles. The molecule has 1 saturated heterocycles. The van der Waals surface area contributed by atoms with Crippen LogP contribution >= 0.6 is 0 Å². The number of nitrogens with zero attached hydrogens (tertiary/aromatic N) is 3. The second-order valence-corrected chi connectivity index (χ2v) is 8.49. The highest BCUT2D eigenvalue weighted by molar-refractivity contribution is 6.06. The van der Waals surface area contributed by atoms with Crippen LogP contribution in [-0.4, -0.2) is 59.6 Å². The summed E-state index contributed by atoms with van der Waals surface area (Å²) in [6, 6.07) is 9.85. The van der Waals surface area contributed by atoms with Crippen molar-refractivity contribution in [2.45, 2.75) is 39.0 Å². The van der Waals surface area contributed by atoms with Crippen molar-refractivity contribution in [1.82, 2.24) is 14.8 Å². The third-order valence-electron chi connectivity index (χ3n) is 5.54. The van der Waals surface area contributed by atoms with E-state index in [0.717, 1.165) is 41.4 Å². The summed E-state index contributed by atoms with van der Waals surface area (Å²) in [7, 11) is 0. The Labute approximate surface area is 171 Å². The van der Waals surface area contributed by atoms with Crippen LogP contribution in [0.1, 0.15) is 55.1 Å². The summed E-state index contributed by atoms with van der Waals surface area (Å²) in [5.41, 5.74) is 2.64. The van der Waals surface area contributed by atoms with Crippen LogP contribution in [0, 0.1) is 5.92 Å². The van der Waals surface area contributed by atoms with Crippen LogP contribution in [0.5, 0.6) is 0 Å². The zero-order valence-electron chi connectivity index (χ0n) is 17.3. The number of carbonyl (C=O) groups excluding carboxylic acids is 2. The van der Waals surface area contributed by atoms with Gasteiger partial charge in [-0.1, -0.05) is 32.0 Å². The molecule has 1 aromatic heterocycles. The number of hydrogen-bond donors (Lipinski definition) is 0. The standard InChI is InChI=1S/C23H29N3O3/c1-16(2)15-29-23(28)26-11-5-10-25(12-13-26)22(27)19-14-21(17-8-9-17)24-20-7-4-3-6-18(19)20/h3-4,6-7,14,16-17H,5,8-13,15H2,1-2H3. The van der Waals surface area contributed by atoms with Gasteiger partial charge in [0.1, 0.15) is 0 Å². The highest BCUT2D eigenvalue weighted by atomic mass is 16.6. The van der Waals surface area contributed by atoms with Gasteiger partial charge in [-0.25, -0.2) is 4.79 Å². The van der Waals surface area contributed by atoms with Gasteiger partial charge in [0.2, 0.25) is 0 Å². The molecule has 0 radical (unpaired) electrons. The fourth-order valence-corrected chi connectivity index (χ4v) is 3.76. The largest absolute Gasteiger partial charge is 0.449 e. The van der Waals surface area contributed by atoms with Crippen LogP contribution in [0.2, 0.25) is 0 Å². The molecule has 2 fully saturated rings. The molecule has 2 heterocycles. The molecule has 2 aliphatic rings. The molecule has 2 amide bonds. The van der Waals surface area contributed by atoms with Gasteiger partial charge in [0, 0.05) is 43.2 Å². The molecule has 154 valence electrons. The molecule has 0 atom stereocenters. The molecule has 0 bridgehead atoms. The average Bonchev–Trinajstić information content (AvgIpc) is 3.57. The Morgan fingerprint density at radius 1 is 1.10 bits per heavy atom. The number of para-hydroxylation sites is 1. The normalized spacial score (nSPS) is 17.5. The fraction of sp³-hybridized carbons (Fsp3) is 0.522. The molecule has 1 aliphatic heterocycles. The molecule has 4 rings (SSSR count). The quantitative estimate of drug-likeness (QED) is 0.783. The van der Waals surface area contributed by atoms with Crippen molar-refractivity contribution < 1.29 is 14.3 Å². The number of hydrogen-bond acceptors (Lipinski definition) is 4. The number of aromatic nitrogens is 1. The molecule has 1 aliphatic carbocycles. The van der Waals surface area contributed by atoms with E-state index in [2.05, 4.69) is 0 Å². The van der Waals surface area contributed by atoms with E-state index < -0.39 is 0 Å². The molecular formula is C23H29N3O3. The molecule has 6 heteroatoms. The molecule has 0 N–H and O–H groups in total. The molecule has 0 unspecified atom stereocenters. The van der Waals surface area contributed by atoms with Gasteiger partial charge in [-0.2, -0.15) is 0 Å². The highest BCUT2D eigenvalue weighted by Crippen LogP contribution is 2.40. The number of rotatable bonds is 4. The summed E-state index contributed by atoms with van der Waals surface area (Å²) in [4.78, 5) is 34.1. The first-order valence-electron chi connectivity index (χ1n) is 10.6. The zero-order chi connectivity index (χ0) is 20.4. The number of benzene rings is 1. The van der Waals surface area contributed by atoms with Gasteiger partial charge in [-0.15, -0.1) is 0 Å². The van der Waals surface area contributed by atoms with Gasteiger partial charge in [-0.05, 0) is 37.3 Å². The first kappa shape index (κ1) is 19.7. The smallest absolute Gasteiger partial charge is 0.409 e. The third-order valence-corrected chi connectivity index (χ3v) is 5.54. The Morgan fingerprint density at radius 2 is 1.83 bits per heavy atom. The summed E-state index contributed by atoms with van der Waals surface area (Å²) < 4.78 is 5.36. The molecule has 1 saturated carbocycles. The van der Waals surface area contributed by atoms with Crippen LogP contribution < -0.4 is 0 Å². The lowest BCUT2D eigenvalue weighted by Gasteiger charge is -2.23. The monoisotopic (exact) mass is 395 g/mol. The summed E-state index contributed by atoms with van der Waals surface area (Å²) in [6.45, 7) is 6.74. The fourth-order valence-electron chi connectivity index (χ4n) is 3.76. The van der Waals surface area contributed by atoms with Gasteiger partial charge >= 0.3 is 6.09 Å². The predicted octanol–water partition coefficient (Wildman–Crippen LogP) is 4.05. The van der Waals surface area contributed by atoms with E-state index in [1.54, 1.807) is 4.90 Å². The van der Waals surface area contributed by atoms with Crippen LogP contribution in [0.3, 0.4) is 0 Å². The lowest BCUT2D eigenvalue weighted by molar-refractivity contribution is 0.0748. The molecule has 0 spiro atoms. The molecule has 6 nitrogen and oxygen atoms in total. The van der Waals surface area contributed by atoms with Crippen molar-refractivity contribution in [3.8, 4) is 0 Å². The highest BCUT2D eigenvalue weighted by Gasteiger charge is 2.29. The summed E-state index contributed by atoms with van der Waals surface area (Å²) >= 11 is 0. The Hall–Kier alpha value is -2.63. The number of amides is 2.